The number of aromatic nitrogens is 3. The molecule has 9 heteroatoms. The number of aliphatic carboxylic acids is 1. The molecule has 2 aliphatic rings. The number of anilines is 1. The summed E-state index contributed by atoms with van der Waals surface area (Å²) in [5.74, 6) is -0.826. The summed E-state index contributed by atoms with van der Waals surface area (Å²) in [6.07, 6.45) is 8.14. The van der Waals surface area contributed by atoms with Gasteiger partial charge in [-0.05, 0) is 105 Å². The van der Waals surface area contributed by atoms with Crippen LogP contribution in [0.5, 0.6) is 0 Å². The number of halogens is 1. The topological polar surface area (TPSA) is 104 Å². The molecular formula is C32H42FN5O3. The van der Waals surface area contributed by atoms with Crippen LogP contribution in [0.1, 0.15) is 92.5 Å². The zero-order valence-corrected chi connectivity index (χ0v) is 24.5. The summed E-state index contributed by atoms with van der Waals surface area (Å²) in [6.45, 7) is 9.30. The molecule has 1 atom stereocenters. The molecule has 41 heavy (non-hydrogen) atoms. The number of hydrogen-bond donors (Lipinski definition) is 2. The molecule has 1 aromatic carbocycles. The van der Waals surface area contributed by atoms with Crippen LogP contribution in [0.2, 0.25) is 0 Å². The highest BCUT2D eigenvalue weighted by Crippen LogP contribution is 2.40. The molecule has 0 bridgehead atoms. The Labute approximate surface area is 241 Å². The van der Waals surface area contributed by atoms with Crippen molar-refractivity contribution >= 4 is 11.8 Å². The Morgan fingerprint density at radius 2 is 1.98 bits per heavy atom. The van der Waals surface area contributed by atoms with Gasteiger partial charge in [-0.25, -0.2) is 9.37 Å². The van der Waals surface area contributed by atoms with E-state index in [-0.39, 0.29) is 23.2 Å². The molecule has 3 aromatic rings. The first kappa shape index (κ1) is 29.2. The number of aryl methyl sites for hydroxylation is 3. The van der Waals surface area contributed by atoms with Crippen LogP contribution >= 0.6 is 0 Å². The Bertz CT molecular complexity index is 1350. The summed E-state index contributed by atoms with van der Waals surface area (Å²) in [7, 11) is 0. The largest absolute Gasteiger partial charge is 0.481 e. The zero-order valence-electron chi connectivity index (χ0n) is 24.5. The number of piperidine rings is 1. The van der Waals surface area contributed by atoms with Gasteiger partial charge < -0.3 is 19.8 Å². The molecule has 0 unspecified atom stereocenters. The first-order valence-corrected chi connectivity index (χ1v) is 15.1. The molecule has 5 rings (SSSR count). The van der Waals surface area contributed by atoms with E-state index in [0.717, 1.165) is 88.2 Å². The lowest BCUT2D eigenvalue weighted by atomic mass is 9.77. The van der Waals surface area contributed by atoms with Crippen molar-refractivity contribution in [2.24, 2.45) is 5.92 Å². The van der Waals surface area contributed by atoms with E-state index in [9.17, 15) is 9.90 Å². The highest BCUT2D eigenvalue weighted by atomic mass is 19.1. The van der Waals surface area contributed by atoms with Crippen molar-refractivity contribution in [3.63, 3.8) is 0 Å². The molecule has 0 amide bonds. The number of likely N-dealkylation sites (tertiary alicyclic amines) is 1. The number of nitrogens with one attached hydrogen (secondary N) is 1. The van der Waals surface area contributed by atoms with Crippen LogP contribution < -0.4 is 5.32 Å². The highest BCUT2D eigenvalue weighted by Gasteiger charge is 2.36. The van der Waals surface area contributed by atoms with Crippen LogP contribution in [0, 0.1) is 18.7 Å². The fourth-order valence-corrected chi connectivity index (χ4v) is 6.29. The molecule has 2 aliphatic heterocycles. The first-order chi connectivity index (χ1) is 19.8. The summed E-state index contributed by atoms with van der Waals surface area (Å²) in [6, 6.07) is 7.70. The first-order valence-electron chi connectivity index (χ1n) is 15.1. The van der Waals surface area contributed by atoms with Gasteiger partial charge in [0.1, 0.15) is 11.6 Å². The van der Waals surface area contributed by atoms with Gasteiger partial charge in [0.25, 0.3) is 0 Å². The molecule has 220 valence electrons. The van der Waals surface area contributed by atoms with Crippen molar-refractivity contribution in [1.82, 2.24) is 20.0 Å². The molecule has 2 aromatic heterocycles. The number of hydrogen-bond acceptors (Lipinski definition) is 7. The third kappa shape index (κ3) is 6.94. The predicted molar refractivity (Wildman–Crippen MR) is 157 cm³/mol. The number of carboxylic acid groups (broad SMARTS) is 1. The second kappa shape index (κ2) is 13.1. The fourth-order valence-electron chi connectivity index (χ4n) is 6.29. The molecule has 1 saturated heterocycles. The van der Waals surface area contributed by atoms with Gasteiger partial charge in [-0.15, -0.1) is 0 Å². The van der Waals surface area contributed by atoms with Crippen molar-refractivity contribution in [3.8, 4) is 11.4 Å². The average Bonchev–Trinajstić information content (AvgIpc) is 3.38. The number of carbonyl (C=O) groups is 1. The van der Waals surface area contributed by atoms with E-state index < -0.39 is 17.7 Å². The molecular weight excluding hydrogens is 521 g/mol. The van der Waals surface area contributed by atoms with E-state index in [1.807, 2.05) is 19.9 Å². The van der Waals surface area contributed by atoms with E-state index in [1.54, 1.807) is 6.92 Å². The molecule has 0 saturated carbocycles. The summed E-state index contributed by atoms with van der Waals surface area (Å²) in [4.78, 5) is 24.2. The SMILES string of the molecule is Cc1nc(-c2c(F)cc(C(C)C)cc2[C@H](C(=O)O)C2CCN(CCCCCc3ccc4c(n3)NCCC4)CC2)no1. The lowest BCUT2D eigenvalue weighted by Crippen LogP contribution is -2.38. The van der Waals surface area contributed by atoms with Crippen molar-refractivity contribution in [2.45, 2.75) is 84.0 Å². The standard InChI is InChI=1S/C32H42FN5O3/c1-20(2)24-18-26(29(27(33)19-24)31-35-21(3)41-37-31)28(32(39)40)22-12-16-38(17-13-22)15-6-4-5-9-25-11-10-23-8-7-14-34-30(23)36-25/h10-11,18-20,22,28H,4-9,12-17H2,1-3H3,(H,34,36)(H,39,40)/t28-/m1/s1. The van der Waals surface area contributed by atoms with Crippen LogP contribution in [0.15, 0.2) is 28.8 Å². The number of carboxylic acids is 1. The lowest BCUT2D eigenvalue weighted by molar-refractivity contribution is -0.140. The van der Waals surface area contributed by atoms with E-state index in [0.29, 0.717) is 11.5 Å². The molecule has 0 aliphatic carbocycles. The van der Waals surface area contributed by atoms with Crippen LogP contribution in [0.3, 0.4) is 0 Å². The summed E-state index contributed by atoms with van der Waals surface area (Å²) in [5, 5.41) is 17.7. The molecule has 1 fully saturated rings. The highest BCUT2D eigenvalue weighted by molar-refractivity contribution is 5.80. The Hall–Kier alpha value is -3.33. The average molecular weight is 564 g/mol. The van der Waals surface area contributed by atoms with Crippen LogP contribution in [0.4, 0.5) is 10.2 Å². The summed E-state index contributed by atoms with van der Waals surface area (Å²) >= 11 is 0. The zero-order chi connectivity index (χ0) is 28.9. The lowest BCUT2D eigenvalue weighted by Gasteiger charge is -2.35. The summed E-state index contributed by atoms with van der Waals surface area (Å²) < 4.78 is 20.6. The van der Waals surface area contributed by atoms with E-state index in [1.165, 1.54) is 18.1 Å². The Morgan fingerprint density at radius 3 is 2.68 bits per heavy atom. The van der Waals surface area contributed by atoms with Gasteiger partial charge in [0.2, 0.25) is 11.7 Å². The van der Waals surface area contributed by atoms with Crippen molar-refractivity contribution in [2.75, 3.05) is 31.5 Å². The molecule has 0 spiro atoms. The second-order valence-corrected chi connectivity index (χ2v) is 11.9. The number of nitrogens with zero attached hydrogens (tertiary/aromatic N) is 4. The monoisotopic (exact) mass is 563 g/mol. The van der Waals surface area contributed by atoms with Crippen LogP contribution in [-0.2, 0) is 17.6 Å². The van der Waals surface area contributed by atoms with Gasteiger partial charge in [0.05, 0.1) is 11.5 Å². The third-order valence-corrected chi connectivity index (χ3v) is 8.62. The Balaban J connectivity index is 1.18. The third-order valence-electron chi connectivity index (χ3n) is 8.62. The van der Waals surface area contributed by atoms with Gasteiger partial charge in [0.15, 0.2) is 0 Å². The van der Waals surface area contributed by atoms with Crippen LogP contribution in [-0.4, -0.2) is 57.3 Å². The molecule has 8 nitrogen and oxygen atoms in total. The number of rotatable bonds is 11. The number of fused-ring (bicyclic) bond motifs is 1. The number of pyridine rings is 1. The van der Waals surface area contributed by atoms with Gasteiger partial charge in [0, 0.05) is 19.2 Å². The predicted octanol–water partition coefficient (Wildman–Crippen LogP) is 6.35. The maximum Gasteiger partial charge on any atom is 0.311 e. The van der Waals surface area contributed by atoms with E-state index in [2.05, 4.69) is 32.5 Å². The Morgan fingerprint density at radius 1 is 1.17 bits per heavy atom. The van der Waals surface area contributed by atoms with Crippen LogP contribution in [0.25, 0.3) is 11.4 Å². The van der Waals surface area contributed by atoms with Gasteiger partial charge in [-0.2, -0.15) is 4.98 Å². The molecule has 4 heterocycles. The molecule has 0 radical (unpaired) electrons. The Kier molecular flexibility index (Phi) is 9.32. The maximum absolute atomic E-state index is 15.5. The van der Waals surface area contributed by atoms with E-state index in [4.69, 9.17) is 9.51 Å². The normalized spacial score (nSPS) is 16.9. The van der Waals surface area contributed by atoms with Gasteiger partial charge in [-0.3, -0.25) is 4.79 Å². The maximum atomic E-state index is 15.5. The van der Waals surface area contributed by atoms with Crippen molar-refractivity contribution in [3.05, 3.63) is 58.4 Å². The van der Waals surface area contributed by atoms with E-state index >= 15 is 4.39 Å². The second-order valence-electron chi connectivity index (χ2n) is 11.9. The molecule has 2 N–H and O–H groups in total. The quantitative estimate of drug-likeness (QED) is 0.260. The van der Waals surface area contributed by atoms with Gasteiger partial charge >= 0.3 is 5.97 Å². The minimum absolute atomic E-state index is 0.0558. The minimum Gasteiger partial charge on any atom is -0.481 e. The van der Waals surface area contributed by atoms with Gasteiger partial charge in [-0.1, -0.05) is 37.6 Å². The fraction of sp³-hybridized carbons (Fsp3) is 0.562. The number of unbranched alkanes of at least 4 members (excludes halogenated alkanes) is 2. The van der Waals surface area contributed by atoms with Crippen molar-refractivity contribution < 1.29 is 18.8 Å². The smallest absolute Gasteiger partial charge is 0.311 e. The number of benzene rings is 1. The van der Waals surface area contributed by atoms with Crippen molar-refractivity contribution in [1.29, 1.82) is 0 Å². The summed E-state index contributed by atoms with van der Waals surface area (Å²) in [5.41, 5.74) is 3.85. The minimum atomic E-state index is -0.934.